The number of ether oxygens (including phenoxy) is 1. The summed E-state index contributed by atoms with van der Waals surface area (Å²) >= 11 is 0. The number of aryl methyl sites for hydroxylation is 1. The lowest BCUT2D eigenvalue weighted by atomic mass is 9.96. The molecule has 0 spiro atoms. The van der Waals surface area contributed by atoms with Crippen molar-refractivity contribution < 1.29 is 18.5 Å². The number of hydrogen-bond donors (Lipinski definition) is 0. The van der Waals surface area contributed by atoms with E-state index in [4.69, 9.17) is 13.7 Å². The van der Waals surface area contributed by atoms with Gasteiger partial charge in [0.25, 0.3) is 5.91 Å². The van der Waals surface area contributed by atoms with Crippen molar-refractivity contribution in [2.24, 2.45) is 0 Å². The Morgan fingerprint density at radius 2 is 1.83 bits per heavy atom. The summed E-state index contributed by atoms with van der Waals surface area (Å²) in [5.74, 6) is 1.08. The van der Waals surface area contributed by atoms with Crippen LogP contribution in [-0.4, -0.2) is 17.2 Å². The highest BCUT2D eigenvalue weighted by Crippen LogP contribution is 2.42. The van der Waals surface area contributed by atoms with Gasteiger partial charge in [0.2, 0.25) is 5.76 Å². The van der Waals surface area contributed by atoms with Gasteiger partial charge in [-0.05, 0) is 55.3 Å². The molecule has 0 fully saturated rings. The molecular formula is C28H22N2O5. The maximum absolute atomic E-state index is 14.1. The van der Waals surface area contributed by atoms with E-state index in [2.05, 4.69) is 5.16 Å². The molecule has 6 rings (SSSR count). The van der Waals surface area contributed by atoms with Crippen LogP contribution in [0, 0.1) is 6.92 Å². The topological polar surface area (TPSA) is 85.8 Å². The predicted molar refractivity (Wildman–Crippen MR) is 132 cm³/mol. The Bertz CT molecular complexity index is 1680. The number of nitrogens with zero attached hydrogens (tertiary/aromatic N) is 2. The molecular weight excluding hydrogens is 444 g/mol. The Labute approximate surface area is 200 Å². The fourth-order valence-electron chi connectivity index (χ4n) is 4.79. The zero-order chi connectivity index (χ0) is 24.3. The minimum Gasteiger partial charge on any atom is -0.491 e. The van der Waals surface area contributed by atoms with Crippen molar-refractivity contribution in [3.8, 4) is 5.75 Å². The Morgan fingerprint density at radius 1 is 1.00 bits per heavy atom. The minimum absolute atomic E-state index is 0.0126. The fourth-order valence-corrected chi connectivity index (χ4v) is 4.79. The molecule has 1 aliphatic rings. The second-order valence-corrected chi connectivity index (χ2v) is 8.95. The molecule has 1 unspecified atom stereocenters. The van der Waals surface area contributed by atoms with Crippen LogP contribution < -0.4 is 15.1 Å². The molecule has 1 amide bonds. The first kappa shape index (κ1) is 21.2. The number of amides is 1. The summed E-state index contributed by atoms with van der Waals surface area (Å²) in [5, 5.41) is 6.23. The van der Waals surface area contributed by atoms with Crippen molar-refractivity contribution >= 4 is 33.5 Å². The fraction of sp³-hybridized carbons (Fsp3) is 0.179. The van der Waals surface area contributed by atoms with E-state index < -0.39 is 11.9 Å². The van der Waals surface area contributed by atoms with E-state index in [1.807, 2.05) is 68.4 Å². The number of fused-ring (bicyclic) bond motifs is 4. The molecule has 0 aliphatic carbocycles. The van der Waals surface area contributed by atoms with Crippen LogP contribution in [-0.2, 0) is 0 Å². The first-order chi connectivity index (χ1) is 16.9. The summed E-state index contributed by atoms with van der Waals surface area (Å²) in [6.45, 7) is 5.63. The summed E-state index contributed by atoms with van der Waals surface area (Å²) in [7, 11) is 0. The van der Waals surface area contributed by atoms with Gasteiger partial charge < -0.3 is 13.7 Å². The van der Waals surface area contributed by atoms with Crippen LogP contribution in [0.2, 0.25) is 0 Å². The summed E-state index contributed by atoms with van der Waals surface area (Å²) in [6, 6.07) is 19.6. The number of aromatic nitrogens is 1. The van der Waals surface area contributed by atoms with Crippen LogP contribution in [0.25, 0.3) is 21.7 Å². The SMILES string of the molecule is Cc1cc(N2C(=O)c3oc4ccc5ccccc5c4c(=O)c3C2c2cccc(OC(C)C)c2)no1. The molecule has 7 nitrogen and oxygen atoms in total. The highest BCUT2D eigenvalue weighted by atomic mass is 16.5. The third-order valence-electron chi connectivity index (χ3n) is 6.17. The molecule has 174 valence electrons. The van der Waals surface area contributed by atoms with Crippen LogP contribution in [0.1, 0.15) is 47.3 Å². The lowest BCUT2D eigenvalue weighted by molar-refractivity contribution is 0.0969. The molecule has 0 radical (unpaired) electrons. The van der Waals surface area contributed by atoms with E-state index >= 15 is 0 Å². The Morgan fingerprint density at radius 3 is 2.60 bits per heavy atom. The molecule has 1 atom stereocenters. The van der Waals surface area contributed by atoms with Gasteiger partial charge in [-0.25, -0.2) is 0 Å². The van der Waals surface area contributed by atoms with Gasteiger partial charge in [-0.1, -0.05) is 47.6 Å². The lowest BCUT2D eigenvalue weighted by Crippen LogP contribution is -2.29. The predicted octanol–water partition coefficient (Wildman–Crippen LogP) is 5.78. The first-order valence-electron chi connectivity index (χ1n) is 11.4. The molecule has 0 saturated carbocycles. The van der Waals surface area contributed by atoms with Crippen molar-refractivity contribution in [3.05, 3.63) is 99.6 Å². The summed E-state index contributed by atoms with van der Waals surface area (Å²) in [5.41, 5.74) is 1.12. The zero-order valence-electron chi connectivity index (χ0n) is 19.4. The van der Waals surface area contributed by atoms with E-state index in [0.29, 0.717) is 33.9 Å². The van der Waals surface area contributed by atoms with Crippen LogP contribution >= 0.6 is 0 Å². The third-order valence-corrected chi connectivity index (χ3v) is 6.17. The third kappa shape index (κ3) is 3.31. The average molecular weight is 466 g/mol. The summed E-state index contributed by atoms with van der Waals surface area (Å²) in [6.07, 6.45) is -0.0302. The van der Waals surface area contributed by atoms with Crippen LogP contribution in [0.15, 0.2) is 80.5 Å². The highest BCUT2D eigenvalue weighted by molar-refractivity contribution is 6.12. The number of hydrogen-bond acceptors (Lipinski definition) is 6. The van der Waals surface area contributed by atoms with Gasteiger partial charge in [0, 0.05) is 6.07 Å². The van der Waals surface area contributed by atoms with Crippen molar-refractivity contribution in [2.75, 3.05) is 4.90 Å². The molecule has 2 aromatic heterocycles. The van der Waals surface area contributed by atoms with Gasteiger partial charge in [0.15, 0.2) is 11.2 Å². The van der Waals surface area contributed by atoms with E-state index in [0.717, 1.165) is 10.8 Å². The lowest BCUT2D eigenvalue weighted by Gasteiger charge is -2.23. The van der Waals surface area contributed by atoms with Gasteiger partial charge >= 0.3 is 0 Å². The second-order valence-electron chi connectivity index (χ2n) is 8.95. The quantitative estimate of drug-likeness (QED) is 0.312. The number of anilines is 1. The van der Waals surface area contributed by atoms with Crippen molar-refractivity contribution in [1.82, 2.24) is 5.16 Å². The normalized spacial score (nSPS) is 15.4. The molecule has 0 saturated heterocycles. The van der Waals surface area contributed by atoms with E-state index in [1.165, 1.54) is 4.90 Å². The van der Waals surface area contributed by atoms with Crippen LogP contribution in [0.3, 0.4) is 0 Å². The molecule has 3 heterocycles. The maximum Gasteiger partial charge on any atom is 0.296 e. The number of carbonyl (C=O) groups is 1. The molecule has 7 heteroatoms. The highest BCUT2D eigenvalue weighted by Gasteiger charge is 2.45. The molecule has 0 N–H and O–H groups in total. The number of rotatable bonds is 4. The van der Waals surface area contributed by atoms with E-state index in [1.54, 1.807) is 19.1 Å². The molecule has 1 aliphatic heterocycles. The van der Waals surface area contributed by atoms with Crippen molar-refractivity contribution in [3.63, 3.8) is 0 Å². The molecule has 35 heavy (non-hydrogen) atoms. The van der Waals surface area contributed by atoms with Gasteiger partial charge in [-0.2, -0.15) is 0 Å². The molecule has 0 bridgehead atoms. The zero-order valence-corrected chi connectivity index (χ0v) is 19.4. The standard InChI is InChI=1S/C28H22N2O5/c1-15(2)33-19-9-6-8-18(14-19)25-24-26(31)23-20-10-5-4-7-17(20)11-12-21(23)34-27(24)28(32)30(25)22-13-16(3)35-29-22/h4-15,25H,1-3H3. The molecule has 3 aromatic carbocycles. The van der Waals surface area contributed by atoms with Crippen molar-refractivity contribution in [2.45, 2.75) is 32.9 Å². The molecule has 5 aromatic rings. The van der Waals surface area contributed by atoms with Crippen LogP contribution in [0.4, 0.5) is 5.82 Å². The average Bonchev–Trinajstić information content (AvgIpc) is 3.39. The van der Waals surface area contributed by atoms with E-state index in [9.17, 15) is 9.59 Å². The Balaban J connectivity index is 1.66. The van der Waals surface area contributed by atoms with Crippen molar-refractivity contribution in [1.29, 1.82) is 0 Å². The first-order valence-corrected chi connectivity index (χ1v) is 11.4. The smallest absolute Gasteiger partial charge is 0.296 e. The summed E-state index contributed by atoms with van der Waals surface area (Å²) in [4.78, 5) is 29.2. The van der Waals surface area contributed by atoms with Gasteiger partial charge in [-0.3, -0.25) is 14.5 Å². The van der Waals surface area contributed by atoms with Gasteiger partial charge in [0.1, 0.15) is 17.1 Å². The summed E-state index contributed by atoms with van der Waals surface area (Å²) < 4.78 is 17.3. The largest absolute Gasteiger partial charge is 0.491 e. The Hall–Kier alpha value is -4.39. The Kier molecular flexibility index (Phi) is 4.74. The van der Waals surface area contributed by atoms with Gasteiger partial charge in [0.05, 0.1) is 23.1 Å². The van der Waals surface area contributed by atoms with E-state index in [-0.39, 0.29) is 22.9 Å². The van der Waals surface area contributed by atoms with Gasteiger partial charge in [-0.15, -0.1) is 0 Å². The van der Waals surface area contributed by atoms with Crippen LogP contribution in [0.5, 0.6) is 5.75 Å². The monoisotopic (exact) mass is 466 g/mol. The number of carbonyl (C=O) groups excluding carboxylic acids is 1. The maximum atomic E-state index is 14.1. The second kappa shape index (κ2) is 7.84. The minimum atomic E-state index is -0.752. The number of benzene rings is 3.